The van der Waals surface area contributed by atoms with Crippen molar-refractivity contribution >= 4 is 74.9 Å². The van der Waals surface area contributed by atoms with Gasteiger partial charge in [0.25, 0.3) is 5.96 Å². The van der Waals surface area contributed by atoms with Crippen LogP contribution in [0.2, 0.25) is 14.8 Å². The van der Waals surface area contributed by atoms with Gasteiger partial charge < -0.3 is 20.4 Å². The second-order valence-electron chi connectivity index (χ2n) is 9.80. The van der Waals surface area contributed by atoms with E-state index in [2.05, 4.69) is 45.7 Å². The number of halogens is 3. The van der Waals surface area contributed by atoms with Gasteiger partial charge in [0, 0.05) is 55.9 Å². The number of amidine groups is 2. The number of nitro groups is 2. The van der Waals surface area contributed by atoms with E-state index in [-0.39, 0.29) is 11.8 Å². The van der Waals surface area contributed by atoms with E-state index in [9.17, 15) is 20.2 Å². The molecule has 0 unspecified atom stereocenters. The zero-order valence-electron chi connectivity index (χ0n) is 26.0. The Bertz CT molecular complexity index is 1590. The Hall–Kier alpha value is -3.88. The summed E-state index contributed by atoms with van der Waals surface area (Å²) in [6.45, 7) is 5.40. The Kier molecular flexibility index (Phi) is 15.9. The Morgan fingerprint density at radius 1 is 1.00 bits per heavy atom. The maximum Gasteiger partial charge on any atom is 0.273 e. The number of nitrogens with zero attached hydrogens (tertiary/aromatic N) is 11. The van der Waals surface area contributed by atoms with Crippen LogP contribution in [0.4, 0.5) is 0 Å². The van der Waals surface area contributed by atoms with Gasteiger partial charge in [-0.25, -0.2) is 35.2 Å². The zero-order chi connectivity index (χ0) is 35.1. The van der Waals surface area contributed by atoms with Gasteiger partial charge in [0.05, 0.1) is 25.0 Å². The minimum atomic E-state index is -0.748. The molecule has 22 heteroatoms. The quantitative estimate of drug-likeness (QED) is 0.109. The third kappa shape index (κ3) is 14.1. The lowest BCUT2D eigenvalue weighted by molar-refractivity contribution is -0.486. The first kappa shape index (κ1) is 38.6. The summed E-state index contributed by atoms with van der Waals surface area (Å²) in [7, 11) is 3.74. The summed E-state index contributed by atoms with van der Waals surface area (Å²) in [6, 6.07) is 7.34. The Balaban J connectivity index is 0.000000198. The van der Waals surface area contributed by atoms with E-state index in [1.807, 2.05) is 43.4 Å². The van der Waals surface area contributed by atoms with Crippen LogP contribution in [-0.2, 0) is 19.6 Å². The second-order valence-corrected chi connectivity index (χ2v) is 13.3. The van der Waals surface area contributed by atoms with Crippen molar-refractivity contribution in [2.45, 2.75) is 26.6 Å². The summed E-state index contributed by atoms with van der Waals surface area (Å²) in [5, 5.41) is 33.2. The molecule has 0 spiro atoms. The van der Waals surface area contributed by atoms with Gasteiger partial charge in [0.15, 0.2) is 25.5 Å². The van der Waals surface area contributed by atoms with Crippen molar-refractivity contribution in [1.82, 2.24) is 40.3 Å². The molecule has 258 valence electrons. The largest absolute Gasteiger partial charge is 0.364 e. The molecule has 2 aliphatic heterocycles. The summed E-state index contributed by atoms with van der Waals surface area (Å²) in [5.41, 5.74) is 2.07. The first-order chi connectivity index (χ1) is 22.9. The predicted octanol–water partition coefficient (Wildman–Crippen LogP) is 4.30. The highest BCUT2D eigenvalue weighted by molar-refractivity contribution is 8.14. The van der Waals surface area contributed by atoms with E-state index in [4.69, 9.17) is 34.8 Å². The highest BCUT2D eigenvalue weighted by Crippen LogP contribution is 2.20. The smallest absolute Gasteiger partial charge is 0.273 e. The summed E-state index contributed by atoms with van der Waals surface area (Å²) in [5.74, 6) is 1.62. The van der Waals surface area contributed by atoms with Crippen LogP contribution in [0.15, 0.2) is 58.1 Å². The van der Waals surface area contributed by atoms with Crippen LogP contribution in [0, 0.1) is 20.2 Å². The monoisotopic (exact) mass is 759 g/mol. The van der Waals surface area contributed by atoms with Crippen molar-refractivity contribution in [3.63, 3.8) is 0 Å². The van der Waals surface area contributed by atoms with Crippen molar-refractivity contribution in [3.05, 3.63) is 93.9 Å². The van der Waals surface area contributed by atoms with Crippen molar-refractivity contribution in [1.29, 1.82) is 0 Å². The number of thioether (sulfide) groups is 1. The van der Waals surface area contributed by atoms with E-state index < -0.39 is 10.1 Å². The minimum absolute atomic E-state index is 0.248. The fourth-order valence-corrected chi connectivity index (χ4v) is 6.10. The number of hydrogen-bond acceptors (Lipinski definition) is 11. The molecular formula is C26H32Cl3N13O4S2. The zero-order valence-corrected chi connectivity index (χ0v) is 29.9. The number of thiazole rings is 1. The molecule has 5 rings (SSSR count). The van der Waals surface area contributed by atoms with Gasteiger partial charge in [-0.3, -0.25) is 9.89 Å². The van der Waals surface area contributed by atoms with Crippen LogP contribution in [0.1, 0.15) is 22.9 Å². The lowest BCUT2D eigenvalue weighted by Crippen LogP contribution is -2.55. The molecule has 17 nitrogen and oxygen atoms in total. The summed E-state index contributed by atoms with van der Waals surface area (Å²) < 4.78 is 0.450. The van der Waals surface area contributed by atoms with E-state index >= 15 is 0 Å². The molecule has 0 aliphatic carbocycles. The highest BCUT2D eigenvalue weighted by atomic mass is 35.5. The van der Waals surface area contributed by atoms with Crippen LogP contribution in [-0.4, -0.2) is 96.4 Å². The lowest BCUT2D eigenvalue weighted by Gasteiger charge is -2.34. The maximum atomic E-state index is 10.5. The van der Waals surface area contributed by atoms with Crippen LogP contribution < -0.4 is 10.6 Å². The van der Waals surface area contributed by atoms with Gasteiger partial charge >= 0.3 is 0 Å². The van der Waals surface area contributed by atoms with Crippen LogP contribution >= 0.6 is 57.9 Å². The number of hydrazone groups is 2. The molecule has 0 amide bonds. The molecule has 3 aromatic rings. The fraction of sp³-hybridized carbons (Fsp3) is 0.385. The molecule has 3 aromatic heterocycles. The number of aliphatic imine (C=N–C) groups is 1. The van der Waals surface area contributed by atoms with Crippen molar-refractivity contribution < 1.29 is 10.1 Å². The third-order valence-corrected chi connectivity index (χ3v) is 8.70. The molecule has 0 saturated carbocycles. The van der Waals surface area contributed by atoms with E-state index in [1.165, 1.54) is 23.8 Å². The molecule has 0 radical (unpaired) electrons. The standard InChI is InChI=1S/C10H13ClN6O2.C10H12ClN3S.C6H7ClN4O2S/c1-15-6-13-10(14-17(18)19)16(7-15)5-8-2-3-9(11)12-4-8;1-12-10-14(4-5-15-10)7-8-2-3-9(11)13-6-8;1-4(10-11(12)13)8-2-5-3-9-6(7)14-5/h2-4H,5-7H2,1H3,(H,13,14);2-3,6H,4-5,7H2,1H3;3H,2H2,1H3,(H,8,10). The van der Waals surface area contributed by atoms with Crippen molar-refractivity contribution in [2.75, 3.05) is 39.7 Å². The van der Waals surface area contributed by atoms with Gasteiger partial charge in [-0.2, -0.15) is 0 Å². The van der Waals surface area contributed by atoms with Gasteiger partial charge in [0.2, 0.25) is 0 Å². The second kappa shape index (κ2) is 19.8. The lowest BCUT2D eigenvalue weighted by atomic mass is 10.2. The summed E-state index contributed by atoms with van der Waals surface area (Å²) >= 11 is 20.2. The van der Waals surface area contributed by atoms with Crippen LogP contribution in [0.5, 0.6) is 0 Å². The first-order valence-corrected chi connectivity index (χ1v) is 16.8. The molecule has 2 fully saturated rings. The average molecular weight is 761 g/mol. The highest BCUT2D eigenvalue weighted by Gasteiger charge is 2.22. The Morgan fingerprint density at radius 2 is 1.65 bits per heavy atom. The van der Waals surface area contributed by atoms with Crippen molar-refractivity contribution in [3.8, 4) is 0 Å². The minimum Gasteiger partial charge on any atom is -0.364 e. The summed E-state index contributed by atoms with van der Waals surface area (Å²) in [4.78, 5) is 43.5. The average Bonchev–Trinajstić information content (AvgIpc) is 3.68. The molecule has 0 bridgehead atoms. The molecule has 0 aromatic carbocycles. The molecule has 2 saturated heterocycles. The number of nitrogens with one attached hydrogen (secondary N) is 2. The molecule has 2 N–H and O–H groups in total. The normalized spacial score (nSPS) is 16.5. The van der Waals surface area contributed by atoms with Gasteiger partial charge in [-0.1, -0.05) is 58.7 Å². The first-order valence-electron chi connectivity index (χ1n) is 13.9. The Labute approximate surface area is 299 Å². The van der Waals surface area contributed by atoms with Gasteiger partial charge in [-0.05, 0) is 37.2 Å². The summed E-state index contributed by atoms with van der Waals surface area (Å²) in [6.07, 6.45) is 5.07. The van der Waals surface area contributed by atoms with Crippen LogP contribution in [0.3, 0.4) is 0 Å². The number of rotatable bonds is 8. The molecular weight excluding hydrogens is 729 g/mol. The van der Waals surface area contributed by atoms with E-state index in [0.717, 1.165) is 34.5 Å². The number of hydrogen-bond donors (Lipinski definition) is 2. The Morgan fingerprint density at radius 3 is 2.17 bits per heavy atom. The SMILES string of the molecule is C/C(=N/[N+](=O)[O-])NCc1cnc(Cl)s1.CN1CN/C(=N/[N+](=O)[O-])N(Cc2ccc(Cl)nc2)C1.CN=C1SCCN1Cc1ccc(Cl)nc1. The predicted molar refractivity (Wildman–Crippen MR) is 189 cm³/mol. The van der Waals surface area contributed by atoms with E-state index in [1.54, 1.807) is 35.1 Å². The number of aromatic nitrogens is 3. The molecule has 0 atom stereocenters. The van der Waals surface area contributed by atoms with Crippen LogP contribution in [0.25, 0.3) is 0 Å². The topological polar surface area (TPSA) is 196 Å². The third-order valence-electron chi connectivity index (χ3n) is 6.05. The maximum absolute atomic E-state index is 10.5. The molecule has 2 aliphatic rings. The molecule has 48 heavy (non-hydrogen) atoms. The van der Waals surface area contributed by atoms with Crippen molar-refractivity contribution in [2.24, 2.45) is 15.2 Å². The van der Waals surface area contributed by atoms with E-state index in [0.29, 0.717) is 41.2 Å². The number of guanidine groups is 1. The van der Waals surface area contributed by atoms with Gasteiger partial charge in [-0.15, -0.1) is 11.3 Å². The fourth-order valence-electron chi connectivity index (χ4n) is 3.99. The van der Waals surface area contributed by atoms with Gasteiger partial charge in [0.1, 0.15) is 15.4 Å². The number of pyridine rings is 2. The molecule has 5 heterocycles.